The number of halogens is 2. The van der Waals surface area contributed by atoms with Crippen molar-refractivity contribution in [2.24, 2.45) is 0 Å². The third kappa shape index (κ3) is 3.36. The summed E-state index contributed by atoms with van der Waals surface area (Å²) in [6.07, 6.45) is 2.25. The summed E-state index contributed by atoms with van der Waals surface area (Å²) in [5, 5.41) is 3.78. The fraction of sp³-hybridized carbons (Fsp3) is 0.417. The van der Waals surface area contributed by atoms with Gasteiger partial charge in [-0.1, -0.05) is 11.6 Å². The average molecular weight is 318 g/mol. The molecule has 1 heterocycles. The lowest BCUT2D eigenvalue weighted by Gasteiger charge is -2.16. The second-order valence-corrected chi connectivity index (χ2v) is 5.33. The van der Waals surface area contributed by atoms with E-state index in [0.717, 1.165) is 36.1 Å². The summed E-state index contributed by atoms with van der Waals surface area (Å²) in [5.41, 5.74) is 0.897. The lowest BCUT2D eigenvalue weighted by Crippen LogP contribution is -2.32. The third-order valence-corrected chi connectivity index (χ3v) is 4.04. The van der Waals surface area contributed by atoms with Crippen LogP contribution in [0.4, 0.5) is 5.69 Å². The van der Waals surface area contributed by atoms with Crippen LogP contribution in [0.15, 0.2) is 22.7 Å². The van der Waals surface area contributed by atoms with E-state index >= 15 is 0 Å². The number of nitrogens with zero attached hydrogens (tertiary/aromatic N) is 1. The second-order valence-electron chi connectivity index (χ2n) is 4.07. The summed E-state index contributed by atoms with van der Waals surface area (Å²) in [4.78, 5) is 13.7. The highest BCUT2D eigenvalue weighted by Crippen LogP contribution is 2.25. The maximum Gasteiger partial charge on any atom is 0.241 e. The molecule has 0 spiro atoms. The highest BCUT2D eigenvalue weighted by Gasteiger charge is 2.17. The molecule has 0 atom stereocenters. The fourth-order valence-corrected chi connectivity index (χ4v) is 2.36. The summed E-state index contributed by atoms with van der Waals surface area (Å²) < 4.78 is 0.831. The smallest absolute Gasteiger partial charge is 0.241 e. The quantitative estimate of drug-likeness (QED) is 0.929. The SMILES string of the molecule is O=C(CNc1ccc(Cl)c(Br)c1)N1CCCC1. The monoisotopic (exact) mass is 316 g/mol. The van der Waals surface area contributed by atoms with Crippen LogP contribution in [0.25, 0.3) is 0 Å². The minimum absolute atomic E-state index is 0.161. The molecule has 1 aromatic carbocycles. The van der Waals surface area contributed by atoms with E-state index in [-0.39, 0.29) is 5.91 Å². The normalized spacial score (nSPS) is 15.1. The van der Waals surface area contributed by atoms with Crippen LogP contribution in [0.3, 0.4) is 0 Å². The van der Waals surface area contributed by atoms with Crippen LogP contribution in [0.2, 0.25) is 5.02 Å². The van der Waals surface area contributed by atoms with Gasteiger partial charge in [0.05, 0.1) is 11.6 Å². The molecule has 5 heteroatoms. The van der Waals surface area contributed by atoms with Crippen LogP contribution in [0.1, 0.15) is 12.8 Å². The van der Waals surface area contributed by atoms with Gasteiger partial charge in [-0.3, -0.25) is 4.79 Å². The van der Waals surface area contributed by atoms with Crippen molar-refractivity contribution >= 4 is 39.1 Å². The Morgan fingerprint density at radius 3 is 2.76 bits per heavy atom. The Kier molecular flexibility index (Phi) is 4.29. The lowest BCUT2D eigenvalue weighted by atomic mass is 10.3. The predicted molar refractivity (Wildman–Crippen MR) is 73.5 cm³/mol. The van der Waals surface area contributed by atoms with E-state index in [1.165, 1.54) is 0 Å². The van der Waals surface area contributed by atoms with Crippen molar-refractivity contribution in [3.63, 3.8) is 0 Å². The summed E-state index contributed by atoms with van der Waals surface area (Å²) >= 11 is 9.25. The molecule has 0 unspecified atom stereocenters. The zero-order valence-corrected chi connectivity index (χ0v) is 11.7. The summed E-state index contributed by atoms with van der Waals surface area (Å²) in [7, 11) is 0. The van der Waals surface area contributed by atoms with Crippen LogP contribution >= 0.6 is 27.5 Å². The molecule has 0 radical (unpaired) electrons. The van der Waals surface area contributed by atoms with Crippen molar-refractivity contribution in [1.29, 1.82) is 0 Å². The number of carbonyl (C=O) groups excluding carboxylic acids is 1. The Labute approximate surface area is 114 Å². The van der Waals surface area contributed by atoms with Crippen LogP contribution in [-0.4, -0.2) is 30.4 Å². The standard InChI is InChI=1S/C12H14BrClN2O/c13-10-7-9(3-4-11(10)14)15-8-12(17)16-5-1-2-6-16/h3-4,7,15H,1-2,5-6,8H2. The minimum Gasteiger partial charge on any atom is -0.376 e. The van der Waals surface area contributed by atoms with Gasteiger partial charge in [0.2, 0.25) is 5.91 Å². The Morgan fingerprint density at radius 2 is 2.12 bits per heavy atom. The summed E-state index contributed by atoms with van der Waals surface area (Å²) in [6, 6.07) is 5.54. The van der Waals surface area contributed by atoms with Crippen LogP contribution in [0, 0.1) is 0 Å². The molecule has 92 valence electrons. The molecule has 17 heavy (non-hydrogen) atoms. The van der Waals surface area contributed by atoms with Crippen molar-refractivity contribution in [2.45, 2.75) is 12.8 Å². The molecule has 1 aliphatic rings. The zero-order chi connectivity index (χ0) is 12.3. The molecule has 0 aliphatic carbocycles. The maximum absolute atomic E-state index is 11.8. The molecular weight excluding hydrogens is 304 g/mol. The molecule has 1 saturated heterocycles. The number of likely N-dealkylation sites (tertiary alicyclic amines) is 1. The first-order chi connectivity index (χ1) is 8.16. The van der Waals surface area contributed by atoms with Crippen molar-refractivity contribution in [3.8, 4) is 0 Å². The van der Waals surface area contributed by atoms with Crippen LogP contribution in [-0.2, 0) is 4.79 Å². The molecule has 0 aromatic heterocycles. The molecule has 1 fully saturated rings. The van der Waals surface area contributed by atoms with Gasteiger partial charge in [-0.25, -0.2) is 0 Å². The van der Waals surface area contributed by atoms with Crippen LogP contribution in [0.5, 0.6) is 0 Å². The maximum atomic E-state index is 11.8. The van der Waals surface area contributed by atoms with Gasteiger partial charge in [0.25, 0.3) is 0 Å². The largest absolute Gasteiger partial charge is 0.376 e. The molecule has 0 bridgehead atoms. The second kappa shape index (κ2) is 5.74. The summed E-state index contributed by atoms with van der Waals surface area (Å²) in [6.45, 7) is 2.13. The topological polar surface area (TPSA) is 32.3 Å². The Hall–Kier alpha value is -0.740. The molecular formula is C12H14BrClN2O. The van der Waals surface area contributed by atoms with E-state index in [1.807, 2.05) is 17.0 Å². The Bertz CT molecular complexity index is 419. The predicted octanol–water partition coefficient (Wildman–Crippen LogP) is 3.14. The number of rotatable bonds is 3. The van der Waals surface area contributed by atoms with Crippen molar-refractivity contribution < 1.29 is 4.79 Å². The Balaban J connectivity index is 1.88. The molecule has 2 rings (SSSR count). The molecule has 3 nitrogen and oxygen atoms in total. The molecule has 1 aliphatic heterocycles. The first-order valence-corrected chi connectivity index (χ1v) is 6.80. The number of carbonyl (C=O) groups is 1. The zero-order valence-electron chi connectivity index (χ0n) is 9.38. The third-order valence-electron chi connectivity index (χ3n) is 2.82. The van der Waals surface area contributed by atoms with Crippen molar-refractivity contribution in [1.82, 2.24) is 4.90 Å². The number of amides is 1. The first-order valence-electron chi connectivity index (χ1n) is 5.63. The lowest BCUT2D eigenvalue weighted by molar-refractivity contribution is -0.128. The van der Waals surface area contributed by atoms with E-state index in [9.17, 15) is 4.79 Å². The number of hydrogen-bond donors (Lipinski definition) is 1. The number of nitrogens with one attached hydrogen (secondary N) is 1. The molecule has 1 amide bonds. The molecule has 0 saturated carbocycles. The van der Waals surface area contributed by atoms with Gasteiger partial charge in [0.15, 0.2) is 0 Å². The van der Waals surface area contributed by atoms with Gasteiger partial charge in [0, 0.05) is 23.2 Å². The van der Waals surface area contributed by atoms with E-state index in [1.54, 1.807) is 6.07 Å². The van der Waals surface area contributed by atoms with Crippen molar-refractivity contribution in [3.05, 3.63) is 27.7 Å². The highest BCUT2D eigenvalue weighted by atomic mass is 79.9. The van der Waals surface area contributed by atoms with Crippen LogP contribution < -0.4 is 5.32 Å². The minimum atomic E-state index is 0.161. The van der Waals surface area contributed by atoms with Crippen molar-refractivity contribution in [2.75, 3.05) is 25.0 Å². The van der Waals surface area contributed by atoms with E-state index < -0.39 is 0 Å². The van der Waals surface area contributed by atoms with E-state index in [2.05, 4.69) is 21.2 Å². The van der Waals surface area contributed by atoms with Gasteiger partial charge in [-0.15, -0.1) is 0 Å². The number of benzene rings is 1. The van der Waals surface area contributed by atoms with E-state index in [4.69, 9.17) is 11.6 Å². The van der Waals surface area contributed by atoms with E-state index in [0.29, 0.717) is 11.6 Å². The molecule has 1 aromatic rings. The first kappa shape index (κ1) is 12.7. The van der Waals surface area contributed by atoms with Gasteiger partial charge in [0.1, 0.15) is 0 Å². The number of anilines is 1. The average Bonchev–Trinajstić information content (AvgIpc) is 2.84. The van der Waals surface area contributed by atoms with Gasteiger partial charge in [-0.2, -0.15) is 0 Å². The molecule has 1 N–H and O–H groups in total. The van der Waals surface area contributed by atoms with Gasteiger partial charge >= 0.3 is 0 Å². The highest BCUT2D eigenvalue weighted by molar-refractivity contribution is 9.10. The summed E-state index contributed by atoms with van der Waals surface area (Å²) in [5.74, 6) is 0.161. The Morgan fingerprint density at radius 1 is 1.41 bits per heavy atom. The van der Waals surface area contributed by atoms with Gasteiger partial charge < -0.3 is 10.2 Å². The number of hydrogen-bond acceptors (Lipinski definition) is 2. The fourth-order valence-electron chi connectivity index (χ4n) is 1.86. The van der Waals surface area contributed by atoms with Gasteiger partial charge in [-0.05, 0) is 47.0 Å².